The lowest BCUT2D eigenvalue weighted by molar-refractivity contribution is 0.350. The Labute approximate surface area is 121 Å². The summed E-state index contributed by atoms with van der Waals surface area (Å²) >= 11 is 0. The van der Waals surface area contributed by atoms with Gasteiger partial charge in [-0.3, -0.25) is 0 Å². The number of hydrogen-bond donors (Lipinski definition) is 2. The topological polar surface area (TPSA) is 66.4 Å². The van der Waals surface area contributed by atoms with Crippen molar-refractivity contribution in [2.24, 2.45) is 0 Å². The fourth-order valence-electron chi connectivity index (χ4n) is 1.93. The van der Waals surface area contributed by atoms with E-state index in [4.69, 9.17) is 5.11 Å². The van der Waals surface area contributed by atoms with E-state index in [9.17, 15) is 8.42 Å². The monoisotopic (exact) mass is 295 g/mol. The first-order valence-corrected chi connectivity index (χ1v) is 8.11. The summed E-state index contributed by atoms with van der Waals surface area (Å²) in [5.74, 6) is 5.23. The van der Waals surface area contributed by atoms with Gasteiger partial charge in [-0.25, -0.2) is 13.1 Å². The molecule has 1 unspecified atom stereocenters. The molecule has 5 heteroatoms. The van der Waals surface area contributed by atoms with Gasteiger partial charge >= 0.3 is 0 Å². The van der Waals surface area contributed by atoms with E-state index in [2.05, 4.69) is 16.6 Å². The Morgan fingerprint density at radius 2 is 2.10 bits per heavy atom. The molecule has 1 aromatic rings. The van der Waals surface area contributed by atoms with E-state index in [0.717, 1.165) is 12.8 Å². The van der Waals surface area contributed by atoms with E-state index in [1.54, 1.807) is 25.1 Å². The molecule has 1 rings (SSSR count). The van der Waals surface area contributed by atoms with Gasteiger partial charge in [0.2, 0.25) is 10.0 Å². The van der Waals surface area contributed by atoms with Crippen molar-refractivity contribution in [2.45, 2.75) is 44.6 Å². The van der Waals surface area contributed by atoms with Gasteiger partial charge in [-0.15, -0.1) is 0 Å². The van der Waals surface area contributed by atoms with E-state index >= 15 is 0 Å². The Kier molecular flexibility index (Phi) is 6.21. The molecule has 4 nitrogen and oxygen atoms in total. The Bertz CT molecular complexity index is 612. The van der Waals surface area contributed by atoms with Gasteiger partial charge in [-0.2, -0.15) is 0 Å². The van der Waals surface area contributed by atoms with E-state index in [-0.39, 0.29) is 17.5 Å². The lowest BCUT2D eigenvalue weighted by Gasteiger charge is -2.15. The minimum atomic E-state index is -3.54. The van der Waals surface area contributed by atoms with Gasteiger partial charge in [-0.1, -0.05) is 31.3 Å². The van der Waals surface area contributed by atoms with E-state index in [1.807, 2.05) is 13.8 Å². The maximum absolute atomic E-state index is 12.4. The van der Waals surface area contributed by atoms with Crippen LogP contribution in [0.5, 0.6) is 0 Å². The number of nitrogens with one attached hydrogen (secondary N) is 1. The van der Waals surface area contributed by atoms with Gasteiger partial charge in [-0.05, 0) is 38.0 Å². The molecule has 0 aromatic heterocycles. The maximum Gasteiger partial charge on any atom is 0.241 e. The molecular weight excluding hydrogens is 274 g/mol. The molecule has 110 valence electrons. The van der Waals surface area contributed by atoms with Crippen molar-refractivity contribution < 1.29 is 13.5 Å². The van der Waals surface area contributed by atoms with Gasteiger partial charge in [0.05, 0.1) is 4.90 Å². The number of hydrogen-bond acceptors (Lipinski definition) is 3. The molecule has 0 saturated heterocycles. The highest BCUT2D eigenvalue weighted by atomic mass is 32.2. The summed E-state index contributed by atoms with van der Waals surface area (Å²) in [4.78, 5) is 0.241. The molecular formula is C15H21NO3S. The highest BCUT2D eigenvalue weighted by Gasteiger charge is 2.19. The van der Waals surface area contributed by atoms with Gasteiger partial charge in [0.25, 0.3) is 0 Å². The van der Waals surface area contributed by atoms with Crippen LogP contribution in [0.1, 0.15) is 37.8 Å². The fraction of sp³-hybridized carbons (Fsp3) is 0.467. The van der Waals surface area contributed by atoms with Crippen LogP contribution in [-0.2, 0) is 10.0 Å². The Hall–Kier alpha value is -1.35. The second-order valence-corrected chi connectivity index (χ2v) is 6.43. The summed E-state index contributed by atoms with van der Waals surface area (Å²) in [5, 5.41) is 8.69. The maximum atomic E-state index is 12.4. The van der Waals surface area contributed by atoms with Crippen molar-refractivity contribution in [3.05, 3.63) is 29.3 Å². The molecule has 2 N–H and O–H groups in total. The van der Waals surface area contributed by atoms with Crippen molar-refractivity contribution in [3.8, 4) is 11.8 Å². The molecule has 1 aromatic carbocycles. The van der Waals surface area contributed by atoms with Crippen LogP contribution in [0.25, 0.3) is 0 Å². The first-order valence-electron chi connectivity index (χ1n) is 6.63. The van der Waals surface area contributed by atoms with Gasteiger partial charge < -0.3 is 5.11 Å². The average Bonchev–Trinajstić information content (AvgIpc) is 2.37. The van der Waals surface area contributed by atoms with Crippen LogP contribution in [0.3, 0.4) is 0 Å². The van der Waals surface area contributed by atoms with Crippen LogP contribution < -0.4 is 4.72 Å². The minimum Gasteiger partial charge on any atom is -0.384 e. The van der Waals surface area contributed by atoms with Crippen LogP contribution in [0.4, 0.5) is 0 Å². The van der Waals surface area contributed by atoms with Crippen molar-refractivity contribution in [1.82, 2.24) is 4.72 Å². The quantitative estimate of drug-likeness (QED) is 0.814. The summed E-state index contributed by atoms with van der Waals surface area (Å²) in [6.45, 7) is 5.37. The summed E-state index contributed by atoms with van der Waals surface area (Å²) < 4.78 is 27.4. The van der Waals surface area contributed by atoms with Crippen LogP contribution in [0, 0.1) is 18.8 Å². The third-order valence-electron chi connectivity index (χ3n) is 2.87. The highest BCUT2D eigenvalue weighted by molar-refractivity contribution is 7.89. The number of benzene rings is 1. The molecule has 0 aliphatic carbocycles. The largest absolute Gasteiger partial charge is 0.384 e. The second kappa shape index (κ2) is 7.44. The first kappa shape index (κ1) is 16.7. The molecule has 20 heavy (non-hydrogen) atoms. The molecule has 0 heterocycles. The van der Waals surface area contributed by atoms with Crippen LogP contribution in [0.2, 0.25) is 0 Å². The predicted octanol–water partition coefficient (Wildman–Crippen LogP) is 1.81. The number of aliphatic hydroxyl groups excluding tert-OH is 1. The molecule has 0 fully saturated rings. The van der Waals surface area contributed by atoms with Crippen LogP contribution in [-0.4, -0.2) is 26.2 Å². The summed E-state index contributed by atoms with van der Waals surface area (Å²) in [7, 11) is -3.54. The SMILES string of the molecule is CCCC(C)NS(=O)(=O)c1cc(C#CCO)ccc1C. The first-order chi connectivity index (χ1) is 9.40. The Morgan fingerprint density at radius 1 is 1.40 bits per heavy atom. The smallest absolute Gasteiger partial charge is 0.241 e. The zero-order valence-electron chi connectivity index (χ0n) is 12.1. The predicted molar refractivity (Wildman–Crippen MR) is 79.8 cm³/mol. The molecule has 0 saturated carbocycles. The van der Waals surface area contributed by atoms with E-state index < -0.39 is 10.0 Å². The average molecular weight is 295 g/mol. The lowest BCUT2D eigenvalue weighted by Crippen LogP contribution is -2.32. The van der Waals surface area contributed by atoms with Crippen molar-refractivity contribution in [2.75, 3.05) is 6.61 Å². The van der Waals surface area contributed by atoms with Crippen LogP contribution >= 0.6 is 0 Å². The standard InChI is InChI=1S/C15H21NO3S/c1-4-6-13(3)16-20(18,19)15-11-14(7-5-10-17)9-8-12(15)2/h8-9,11,13,16-17H,4,6,10H2,1-3H3. The molecule has 0 aliphatic heterocycles. The molecule has 0 aliphatic rings. The summed E-state index contributed by atoms with van der Waals surface area (Å²) in [6.07, 6.45) is 1.72. The van der Waals surface area contributed by atoms with Gasteiger partial charge in [0, 0.05) is 11.6 Å². The lowest BCUT2D eigenvalue weighted by atomic mass is 10.1. The second-order valence-electron chi connectivity index (χ2n) is 4.75. The van der Waals surface area contributed by atoms with E-state index in [0.29, 0.717) is 11.1 Å². The fourth-order valence-corrected chi connectivity index (χ4v) is 3.48. The number of aliphatic hydroxyl groups is 1. The van der Waals surface area contributed by atoms with Gasteiger partial charge in [0.1, 0.15) is 6.61 Å². The normalized spacial score (nSPS) is 12.6. The molecule has 0 amide bonds. The summed E-state index contributed by atoms with van der Waals surface area (Å²) in [5.41, 5.74) is 1.25. The molecule has 0 radical (unpaired) electrons. The van der Waals surface area contributed by atoms with Crippen molar-refractivity contribution in [1.29, 1.82) is 0 Å². The number of rotatable bonds is 5. The number of aryl methyl sites for hydroxylation is 1. The minimum absolute atomic E-state index is 0.100. The zero-order valence-corrected chi connectivity index (χ0v) is 12.9. The Morgan fingerprint density at radius 3 is 2.70 bits per heavy atom. The molecule has 0 spiro atoms. The van der Waals surface area contributed by atoms with Crippen molar-refractivity contribution in [3.63, 3.8) is 0 Å². The zero-order chi connectivity index (χ0) is 15.2. The number of sulfonamides is 1. The summed E-state index contributed by atoms with van der Waals surface area (Å²) in [6, 6.07) is 4.91. The van der Waals surface area contributed by atoms with Crippen molar-refractivity contribution >= 4 is 10.0 Å². The molecule has 1 atom stereocenters. The highest BCUT2D eigenvalue weighted by Crippen LogP contribution is 2.17. The van der Waals surface area contributed by atoms with E-state index in [1.165, 1.54) is 0 Å². The molecule has 0 bridgehead atoms. The van der Waals surface area contributed by atoms with Crippen LogP contribution in [0.15, 0.2) is 23.1 Å². The van der Waals surface area contributed by atoms with Gasteiger partial charge in [0.15, 0.2) is 0 Å². The third-order valence-corrected chi connectivity index (χ3v) is 4.60. The Balaban J connectivity index is 3.10. The third kappa shape index (κ3) is 4.64.